The first-order valence-corrected chi connectivity index (χ1v) is 9.15. The molecule has 0 unspecified atom stereocenters. The highest BCUT2D eigenvalue weighted by Gasteiger charge is 2.32. The molecule has 0 bridgehead atoms. The molecule has 0 aliphatic carbocycles. The Bertz CT molecular complexity index is 950. The zero-order chi connectivity index (χ0) is 21.0. The normalized spacial score (nSPS) is 16.0. The topological polar surface area (TPSA) is 85.9 Å². The molecule has 1 heterocycles. The molecule has 0 spiro atoms. The Balaban J connectivity index is 1.87. The number of rotatable bonds is 6. The van der Waals surface area contributed by atoms with Gasteiger partial charge in [0.25, 0.3) is 0 Å². The van der Waals surface area contributed by atoms with E-state index in [1.807, 2.05) is 31.2 Å². The standard InChI is InChI=1S/C22H24N2O5/c1-13-5-7-15(8-6-13)12-29-21(25)19-14(2)23-22(26)24-20(19)16-9-10-17(27-3)18(11-16)28-4/h5-11,20H,12H2,1-4H3,(H2,23,24,26)/t20-/m0/s1. The molecule has 0 saturated heterocycles. The van der Waals surface area contributed by atoms with Crippen LogP contribution in [0.1, 0.15) is 29.7 Å². The second-order valence-corrected chi connectivity index (χ2v) is 6.75. The molecule has 2 aromatic rings. The van der Waals surface area contributed by atoms with E-state index in [9.17, 15) is 9.59 Å². The average Bonchev–Trinajstić information content (AvgIpc) is 2.72. The summed E-state index contributed by atoms with van der Waals surface area (Å²) in [7, 11) is 3.07. The van der Waals surface area contributed by atoms with Gasteiger partial charge in [0.15, 0.2) is 11.5 Å². The maximum atomic E-state index is 12.9. The van der Waals surface area contributed by atoms with Crippen molar-refractivity contribution in [3.63, 3.8) is 0 Å². The number of urea groups is 1. The number of benzene rings is 2. The third-order valence-electron chi connectivity index (χ3n) is 4.72. The molecule has 1 aliphatic rings. The van der Waals surface area contributed by atoms with Crippen LogP contribution in [0.4, 0.5) is 4.79 Å². The molecule has 2 N–H and O–H groups in total. The second kappa shape index (κ2) is 8.68. The van der Waals surface area contributed by atoms with Crippen molar-refractivity contribution in [1.82, 2.24) is 10.6 Å². The zero-order valence-electron chi connectivity index (χ0n) is 16.9. The Morgan fingerprint density at radius 3 is 2.34 bits per heavy atom. The zero-order valence-corrected chi connectivity index (χ0v) is 16.9. The van der Waals surface area contributed by atoms with Crippen molar-refractivity contribution in [1.29, 1.82) is 0 Å². The van der Waals surface area contributed by atoms with Crippen LogP contribution >= 0.6 is 0 Å². The minimum Gasteiger partial charge on any atom is -0.493 e. The largest absolute Gasteiger partial charge is 0.493 e. The Morgan fingerprint density at radius 1 is 1.00 bits per heavy atom. The molecule has 3 rings (SSSR count). The van der Waals surface area contributed by atoms with Gasteiger partial charge in [-0.3, -0.25) is 0 Å². The lowest BCUT2D eigenvalue weighted by molar-refractivity contribution is -0.140. The Kier molecular flexibility index (Phi) is 6.07. The van der Waals surface area contributed by atoms with Gasteiger partial charge in [-0.05, 0) is 37.1 Å². The van der Waals surface area contributed by atoms with Crippen LogP contribution in [0, 0.1) is 6.92 Å². The summed E-state index contributed by atoms with van der Waals surface area (Å²) in [6.45, 7) is 3.81. The molecule has 1 aliphatic heterocycles. The van der Waals surface area contributed by atoms with Crippen molar-refractivity contribution in [3.8, 4) is 11.5 Å². The van der Waals surface area contributed by atoms with Crippen LogP contribution in [0.25, 0.3) is 0 Å². The first kappa shape index (κ1) is 20.3. The van der Waals surface area contributed by atoms with Crippen LogP contribution in [-0.4, -0.2) is 26.2 Å². The second-order valence-electron chi connectivity index (χ2n) is 6.75. The van der Waals surface area contributed by atoms with Gasteiger partial charge < -0.3 is 24.8 Å². The molecule has 2 aromatic carbocycles. The van der Waals surface area contributed by atoms with E-state index in [0.29, 0.717) is 28.3 Å². The van der Waals surface area contributed by atoms with Gasteiger partial charge in [-0.1, -0.05) is 35.9 Å². The Morgan fingerprint density at radius 2 is 1.69 bits per heavy atom. The third kappa shape index (κ3) is 4.51. The molecule has 0 aromatic heterocycles. The van der Waals surface area contributed by atoms with Crippen molar-refractivity contribution in [2.45, 2.75) is 26.5 Å². The number of methoxy groups -OCH3 is 2. The lowest BCUT2D eigenvalue weighted by Gasteiger charge is -2.28. The van der Waals surface area contributed by atoms with E-state index in [4.69, 9.17) is 14.2 Å². The van der Waals surface area contributed by atoms with E-state index in [1.54, 1.807) is 32.2 Å². The summed E-state index contributed by atoms with van der Waals surface area (Å²) < 4.78 is 16.1. The van der Waals surface area contributed by atoms with E-state index < -0.39 is 18.0 Å². The first-order valence-electron chi connectivity index (χ1n) is 9.15. The summed E-state index contributed by atoms with van der Waals surface area (Å²) in [5.41, 5.74) is 3.48. The summed E-state index contributed by atoms with van der Waals surface area (Å²) in [4.78, 5) is 24.9. The SMILES string of the molecule is COc1ccc([C@@H]2NC(=O)NC(C)=C2C(=O)OCc2ccc(C)cc2)cc1OC. The molecule has 0 saturated carbocycles. The van der Waals surface area contributed by atoms with Crippen LogP contribution in [-0.2, 0) is 16.1 Å². The van der Waals surface area contributed by atoms with Gasteiger partial charge in [0, 0.05) is 5.70 Å². The number of allylic oxidation sites excluding steroid dienone is 1. The number of esters is 1. The van der Waals surface area contributed by atoms with Crippen LogP contribution in [0.3, 0.4) is 0 Å². The predicted octanol–water partition coefficient (Wildman–Crippen LogP) is 3.38. The average molecular weight is 396 g/mol. The monoisotopic (exact) mass is 396 g/mol. The fourth-order valence-electron chi connectivity index (χ4n) is 3.16. The molecule has 7 heteroatoms. The Labute approximate surface area is 169 Å². The van der Waals surface area contributed by atoms with Crippen molar-refractivity contribution in [3.05, 3.63) is 70.4 Å². The van der Waals surface area contributed by atoms with Crippen molar-refractivity contribution >= 4 is 12.0 Å². The fraction of sp³-hybridized carbons (Fsp3) is 0.273. The Hall–Kier alpha value is -3.48. The number of hydrogen-bond acceptors (Lipinski definition) is 5. The van der Waals surface area contributed by atoms with Gasteiger partial charge in [-0.15, -0.1) is 0 Å². The molecule has 7 nitrogen and oxygen atoms in total. The van der Waals surface area contributed by atoms with Crippen molar-refractivity contribution < 1.29 is 23.8 Å². The number of hydrogen-bond donors (Lipinski definition) is 2. The van der Waals surface area contributed by atoms with Gasteiger partial charge in [0.1, 0.15) is 6.61 Å². The lowest BCUT2D eigenvalue weighted by atomic mass is 9.95. The van der Waals surface area contributed by atoms with Gasteiger partial charge in [0.05, 0.1) is 25.8 Å². The number of ether oxygens (including phenoxy) is 3. The van der Waals surface area contributed by atoms with Crippen LogP contribution in [0.2, 0.25) is 0 Å². The first-order chi connectivity index (χ1) is 13.9. The minimum atomic E-state index is -0.672. The van der Waals surface area contributed by atoms with Gasteiger partial charge >= 0.3 is 12.0 Å². The molecule has 29 heavy (non-hydrogen) atoms. The molecule has 2 amide bonds. The number of aryl methyl sites for hydroxylation is 1. The number of amides is 2. The van der Waals surface area contributed by atoms with Crippen LogP contribution in [0.15, 0.2) is 53.7 Å². The number of carbonyl (C=O) groups excluding carboxylic acids is 2. The number of carbonyl (C=O) groups is 2. The van der Waals surface area contributed by atoms with Gasteiger partial charge in [-0.2, -0.15) is 0 Å². The van der Waals surface area contributed by atoms with E-state index in [-0.39, 0.29) is 6.61 Å². The van der Waals surface area contributed by atoms with E-state index in [0.717, 1.165) is 11.1 Å². The van der Waals surface area contributed by atoms with Crippen molar-refractivity contribution in [2.75, 3.05) is 14.2 Å². The highest BCUT2D eigenvalue weighted by Crippen LogP contribution is 2.34. The van der Waals surface area contributed by atoms with E-state index in [1.165, 1.54) is 7.11 Å². The molecule has 0 radical (unpaired) electrons. The number of nitrogens with one attached hydrogen (secondary N) is 2. The van der Waals surface area contributed by atoms with Crippen LogP contribution < -0.4 is 20.1 Å². The third-order valence-corrected chi connectivity index (χ3v) is 4.72. The maximum Gasteiger partial charge on any atom is 0.338 e. The summed E-state index contributed by atoms with van der Waals surface area (Å²) in [6, 6.07) is 11.9. The fourth-order valence-corrected chi connectivity index (χ4v) is 3.16. The van der Waals surface area contributed by atoms with Gasteiger partial charge in [-0.25, -0.2) is 9.59 Å². The summed E-state index contributed by atoms with van der Waals surface area (Å²) in [5, 5.41) is 5.42. The quantitative estimate of drug-likeness (QED) is 0.731. The maximum absolute atomic E-state index is 12.9. The predicted molar refractivity (Wildman–Crippen MR) is 108 cm³/mol. The highest BCUT2D eigenvalue weighted by atomic mass is 16.5. The molecular weight excluding hydrogens is 372 g/mol. The molecule has 152 valence electrons. The van der Waals surface area contributed by atoms with E-state index in [2.05, 4.69) is 10.6 Å². The summed E-state index contributed by atoms with van der Waals surface area (Å²) in [6.07, 6.45) is 0. The molecule has 1 atom stereocenters. The molecular formula is C22H24N2O5. The van der Waals surface area contributed by atoms with Crippen molar-refractivity contribution in [2.24, 2.45) is 0 Å². The summed E-state index contributed by atoms with van der Waals surface area (Å²) in [5.74, 6) is 0.555. The smallest absolute Gasteiger partial charge is 0.338 e. The summed E-state index contributed by atoms with van der Waals surface area (Å²) >= 11 is 0. The minimum absolute atomic E-state index is 0.141. The lowest BCUT2D eigenvalue weighted by Crippen LogP contribution is -2.45. The highest BCUT2D eigenvalue weighted by molar-refractivity contribution is 5.95. The van der Waals surface area contributed by atoms with Gasteiger partial charge in [0.2, 0.25) is 0 Å². The van der Waals surface area contributed by atoms with Crippen LogP contribution in [0.5, 0.6) is 11.5 Å². The van der Waals surface area contributed by atoms with E-state index >= 15 is 0 Å². The molecule has 0 fully saturated rings.